The summed E-state index contributed by atoms with van der Waals surface area (Å²) in [6.45, 7) is 4.11. The Morgan fingerprint density at radius 2 is 2.05 bits per heavy atom. The first kappa shape index (κ1) is 14.9. The van der Waals surface area contributed by atoms with E-state index in [9.17, 15) is 9.59 Å². The fourth-order valence-corrected chi connectivity index (χ4v) is 1.94. The molecule has 0 saturated carbocycles. The predicted molar refractivity (Wildman–Crippen MR) is 74.1 cm³/mol. The van der Waals surface area contributed by atoms with Gasteiger partial charge in [0.05, 0.1) is 0 Å². The maximum Gasteiger partial charge on any atom is 0.303 e. The normalized spacial score (nSPS) is 10.8. The number of rotatable bonds is 6. The van der Waals surface area contributed by atoms with Crippen LogP contribution in [0, 0.1) is 13.8 Å². The fraction of sp³-hybridized carbons (Fsp3) is 0.462. The van der Waals surface area contributed by atoms with Crippen LogP contribution in [0.3, 0.4) is 0 Å². The molecule has 0 fully saturated rings. The van der Waals surface area contributed by atoms with Gasteiger partial charge in [0.1, 0.15) is 0 Å². The number of nitrogens with one attached hydrogen (secondary N) is 1. The van der Waals surface area contributed by atoms with Crippen LogP contribution in [0.4, 0.5) is 0 Å². The largest absolute Gasteiger partial charge is 0.481 e. The molecule has 0 bridgehead atoms. The summed E-state index contributed by atoms with van der Waals surface area (Å²) in [7, 11) is 0. The highest BCUT2D eigenvalue weighted by Crippen LogP contribution is 2.05. The van der Waals surface area contributed by atoms with E-state index in [-0.39, 0.29) is 18.2 Å². The lowest BCUT2D eigenvalue weighted by Gasteiger charge is -2.00. The lowest BCUT2D eigenvalue weighted by atomic mass is 10.2. The van der Waals surface area contributed by atoms with Crippen molar-refractivity contribution in [3.05, 3.63) is 23.3 Å². The summed E-state index contributed by atoms with van der Waals surface area (Å²) in [6.07, 6.45) is 1.22. The van der Waals surface area contributed by atoms with E-state index in [1.165, 1.54) is 4.52 Å². The first-order valence-electron chi connectivity index (χ1n) is 6.68. The molecule has 112 valence electrons. The van der Waals surface area contributed by atoms with Crippen molar-refractivity contribution in [2.75, 3.05) is 6.54 Å². The molecule has 0 aliphatic heterocycles. The van der Waals surface area contributed by atoms with Crippen LogP contribution in [0.25, 0.3) is 5.78 Å². The molecule has 0 aliphatic carbocycles. The van der Waals surface area contributed by atoms with Crippen LogP contribution in [-0.2, 0) is 4.79 Å². The third kappa shape index (κ3) is 3.74. The Morgan fingerprint density at radius 1 is 1.29 bits per heavy atom. The second-order valence-electron chi connectivity index (χ2n) is 4.79. The third-order valence-electron chi connectivity index (χ3n) is 2.92. The maximum atomic E-state index is 11.9. The second kappa shape index (κ2) is 6.29. The van der Waals surface area contributed by atoms with E-state index in [0.29, 0.717) is 25.2 Å². The number of hydrogen-bond acceptors (Lipinski definition) is 5. The number of carbonyl (C=O) groups excluding carboxylic acids is 1. The Hall–Kier alpha value is -2.51. The van der Waals surface area contributed by atoms with Crippen molar-refractivity contribution < 1.29 is 14.7 Å². The average Bonchev–Trinajstić information content (AvgIpc) is 2.82. The average molecular weight is 291 g/mol. The number of unbranched alkanes of at least 4 members (excludes halogenated alkanes) is 1. The van der Waals surface area contributed by atoms with Gasteiger partial charge in [-0.2, -0.15) is 4.98 Å². The molecule has 0 spiro atoms. The molecule has 0 aromatic carbocycles. The summed E-state index contributed by atoms with van der Waals surface area (Å²) in [4.78, 5) is 30.6. The second-order valence-corrected chi connectivity index (χ2v) is 4.79. The van der Waals surface area contributed by atoms with Crippen LogP contribution in [0.15, 0.2) is 6.07 Å². The highest BCUT2D eigenvalue weighted by Gasteiger charge is 2.14. The standard InChI is InChI=1S/C13H17N5O3/c1-8-7-9(2)18-13(15-8)16-11(17-18)12(21)14-6-4-3-5-10(19)20/h7H,3-6H2,1-2H3,(H,14,21)(H,19,20). The number of carboxylic acid groups (broad SMARTS) is 1. The summed E-state index contributed by atoms with van der Waals surface area (Å²) in [6, 6.07) is 1.86. The summed E-state index contributed by atoms with van der Waals surface area (Å²) in [5.74, 6) is -0.758. The van der Waals surface area contributed by atoms with Gasteiger partial charge in [-0.15, -0.1) is 5.10 Å². The zero-order chi connectivity index (χ0) is 15.4. The van der Waals surface area contributed by atoms with E-state index in [2.05, 4.69) is 20.4 Å². The van der Waals surface area contributed by atoms with Crippen molar-refractivity contribution in [2.24, 2.45) is 0 Å². The van der Waals surface area contributed by atoms with Gasteiger partial charge < -0.3 is 10.4 Å². The van der Waals surface area contributed by atoms with Gasteiger partial charge in [-0.1, -0.05) is 0 Å². The van der Waals surface area contributed by atoms with Crippen molar-refractivity contribution in [3.8, 4) is 0 Å². The molecule has 1 amide bonds. The summed E-state index contributed by atoms with van der Waals surface area (Å²) < 4.78 is 1.52. The zero-order valence-corrected chi connectivity index (χ0v) is 12.0. The molecule has 2 aromatic rings. The lowest BCUT2D eigenvalue weighted by molar-refractivity contribution is -0.137. The number of aryl methyl sites for hydroxylation is 2. The highest BCUT2D eigenvalue weighted by molar-refractivity contribution is 5.90. The molecule has 0 atom stereocenters. The minimum absolute atomic E-state index is 0.0643. The van der Waals surface area contributed by atoms with Gasteiger partial charge >= 0.3 is 5.97 Å². The maximum absolute atomic E-state index is 11.9. The Labute approximate surface area is 121 Å². The first-order chi connectivity index (χ1) is 9.97. The number of fused-ring (bicyclic) bond motifs is 1. The van der Waals surface area contributed by atoms with Gasteiger partial charge in [-0.05, 0) is 32.8 Å². The molecule has 0 unspecified atom stereocenters. The third-order valence-corrected chi connectivity index (χ3v) is 2.92. The van der Waals surface area contributed by atoms with Crippen LogP contribution in [0.5, 0.6) is 0 Å². The molecule has 8 nitrogen and oxygen atoms in total. The topological polar surface area (TPSA) is 109 Å². The Bertz CT molecular complexity index is 680. The molecular formula is C13H17N5O3. The summed E-state index contributed by atoms with van der Waals surface area (Å²) in [5.41, 5.74) is 1.67. The lowest BCUT2D eigenvalue weighted by Crippen LogP contribution is -2.25. The fourth-order valence-electron chi connectivity index (χ4n) is 1.94. The Balaban J connectivity index is 1.97. The quantitative estimate of drug-likeness (QED) is 0.759. The number of aliphatic carboxylic acids is 1. The molecule has 2 aromatic heterocycles. The molecule has 0 aliphatic rings. The summed E-state index contributed by atoms with van der Waals surface area (Å²) >= 11 is 0. The SMILES string of the molecule is Cc1cc(C)n2nc(C(=O)NCCCCC(=O)O)nc2n1. The minimum Gasteiger partial charge on any atom is -0.481 e. The van der Waals surface area contributed by atoms with Gasteiger partial charge in [-0.3, -0.25) is 9.59 Å². The van der Waals surface area contributed by atoms with Crippen LogP contribution in [-0.4, -0.2) is 43.1 Å². The van der Waals surface area contributed by atoms with E-state index in [0.717, 1.165) is 11.4 Å². The van der Waals surface area contributed by atoms with E-state index >= 15 is 0 Å². The number of carbonyl (C=O) groups is 2. The molecule has 8 heteroatoms. The van der Waals surface area contributed by atoms with E-state index in [1.54, 1.807) is 0 Å². The number of amides is 1. The molecule has 21 heavy (non-hydrogen) atoms. The smallest absolute Gasteiger partial charge is 0.303 e. The van der Waals surface area contributed by atoms with Gasteiger partial charge in [0, 0.05) is 24.4 Å². The van der Waals surface area contributed by atoms with Crippen molar-refractivity contribution >= 4 is 17.7 Å². The van der Waals surface area contributed by atoms with E-state index < -0.39 is 5.97 Å². The molecule has 0 radical (unpaired) electrons. The monoisotopic (exact) mass is 291 g/mol. The van der Waals surface area contributed by atoms with Crippen molar-refractivity contribution in [1.82, 2.24) is 24.9 Å². The molecular weight excluding hydrogens is 274 g/mol. The van der Waals surface area contributed by atoms with E-state index in [4.69, 9.17) is 5.11 Å². The highest BCUT2D eigenvalue weighted by atomic mass is 16.4. The van der Waals surface area contributed by atoms with E-state index in [1.807, 2.05) is 19.9 Å². The van der Waals surface area contributed by atoms with Gasteiger partial charge in [0.2, 0.25) is 5.82 Å². The first-order valence-corrected chi connectivity index (χ1v) is 6.68. The van der Waals surface area contributed by atoms with Crippen molar-refractivity contribution in [1.29, 1.82) is 0 Å². The Morgan fingerprint density at radius 3 is 2.76 bits per heavy atom. The number of aromatic nitrogens is 4. The van der Waals surface area contributed by atoms with Gasteiger partial charge in [0.15, 0.2) is 0 Å². The van der Waals surface area contributed by atoms with Crippen LogP contribution < -0.4 is 5.32 Å². The Kier molecular flexibility index (Phi) is 4.46. The minimum atomic E-state index is -0.833. The molecule has 2 heterocycles. The molecule has 0 saturated heterocycles. The van der Waals surface area contributed by atoms with Crippen LogP contribution >= 0.6 is 0 Å². The molecule has 2 N–H and O–H groups in total. The predicted octanol–water partition coefficient (Wildman–Crippen LogP) is 0.726. The number of carboxylic acids is 1. The van der Waals surface area contributed by atoms with Gasteiger partial charge in [-0.25, -0.2) is 9.50 Å². The van der Waals surface area contributed by atoms with Crippen molar-refractivity contribution in [2.45, 2.75) is 33.1 Å². The zero-order valence-electron chi connectivity index (χ0n) is 12.0. The van der Waals surface area contributed by atoms with Crippen molar-refractivity contribution in [3.63, 3.8) is 0 Å². The van der Waals surface area contributed by atoms with Gasteiger partial charge in [0.25, 0.3) is 11.7 Å². The number of nitrogens with zero attached hydrogens (tertiary/aromatic N) is 4. The number of hydrogen-bond donors (Lipinski definition) is 2. The van der Waals surface area contributed by atoms with Crippen LogP contribution in [0.2, 0.25) is 0 Å². The van der Waals surface area contributed by atoms with Crippen LogP contribution in [0.1, 0.15) is 41.3 Å². The summed E-state index contributed by atoms with van der Waals surface area (Å²) in [5, 5.41) is 15.3. The molecule has 2 rings (SSSR count).